The average molecular weight is 256 g/mol. The number of hydrogen-bond donors (Lipinski definition) is 1. The van der Waals surface area contributed by atoms with Crippen molar-refractivity contribution in [3.63, 3.8) is 0 Å². The first-order valence-corrected chi connectivity index (χ1v) is 5.19. The number of nitrogen functional groups attached to an aromatic ring is 1. The van der Waals surface area contributed by atoms with Crippen molar-refractivity contribution in [2.45, 2.75) is 13.1 Å². The lowest BCUT2D eigenvalue weighted by Gasteiger charge is -2.13. The maximum atomic E-state index is 12.6. The van der Waals surface area contributed by atoms with Crippen molar-refractivity contribution in [2.75, 3.05) is 5.73 Å². The smallest absolute Gasteiger partial charge is 0.398 e. The Bertz CT molecular complexity index is 686. The van der Waals surface area contributed by atoms with Crippen molar-refractivity contribution in [1.29, 1.82) is 0 Å². The van der Waals surface area contributed by atoms with E-state index in [4.69, 9.17) is 5.73 Å². The van der Waals surface area contributed by atoms with E-state index in [0.717, 1.165) is 12.1 Å². The molecule has 2 aromatic rings. The number of aromatic nitrogens is 1. The van der Waals surface area contributed by atoms with Gasteiger partial charge in [-0.05, 0) is 19.1 Å². The summed E-state index contributed by atoms with van der Waals surface area (Å²) in [7, 11) is 1.43. The molecule has 3 nitrogen and oxygen atoms in total. The van der Waals surface area contributed by atoms with Crippen LogP contribution in [0.5, 0.6) is 0 Å². The molecule has 0 saturated carbocycles. The van der Waals surface area contributed by atoms with Crippen LogP contribution in [0.25, 0.3) is 10.9 Å². The molecule has 0 fully saturated rings. The van der Waals surface area contributed by atoms with Crippen LogP contribution in [0.4, 0.5) is 18.9 Å². The third-order valence-corrected chi connectivity index (χ3v) is 3.01. The Morgan fingerprint density at radius 1 is 1.28 bits per heavy atom. The van der Waals surface area contributed by atoms with Crippen molar-refractivity contribution in [1.82, 2.24) is 4.57 Å². The number of anilines is 1. The third kappa shape index (κ3) is 1.73. The summed E-state index contributed by atoms with van der Waals surface area (Å²) < 4.78 is 39.0. The molecule has 18 heavy (non-hydrogen) atoms. The molecule has 0 aliphatic rings. The number of fused-ring (bicyclic) bond motifs is 1. The minimum absolute atomic E-state index is 0.179. The van der Waals surface area contributed by atoms with E-state index in [1.165, 1.54) is 17.7 Å². The topological polar surface area (TPSA) is 48.0 Å². The first-order valence-electron chi connectivity index (χ1n) is 5.19. The van der Waals surface area contributed by atoms with E-state index in [2.05, 4.69) is 0 Å². The van der Waals surface area contributed by atoms with Gasteiger partial charge in [0.2, 0.25) is 0 Å². The van der Waals surface area contributed by atoms with Crippen LogP contribution < -0.4 is 11.3 Å². The Labute approximate surface area is 101 Å². The maximum Gasteiger partial charge on any atom is 0.416 e. The molecule has 6 heteroatoms. The van der Waals surface area contributed by atoms with Gasteiger partial charge in [-0.25, -0.2) is 0 Å². The van der Waals surface area contributed by atoms with Gasteiger partial charge < -0.3 is 10.3 Å². The van der Waals surface area contributed by atoms with Crippen molar-refractivity contribution >= 4 is 16.6 Å². The van der Waals surface area contributed by atoms with E-state index in [0.29, 0.717) is 10.9 Å². The summed E-state index contributed by atoms with van der Waals surface area (Å²) >= 11 is 0. The number of nitrogens with two attached hydrogens (primary N) is 1. The second-order valence-electron chi connectivity index (χ2n) is 4.13. The Kier molecular flexibility index (Phi) is 2.61. The van der Waals surface area contributed by atoms with Crippen LogP contribution in [0.15, 0.2) is 23.0 Å². The van der Waals surface area contributed by atoms with Gasteiger partial charge in [0.15, 0.2) is 0 Å². The van der Waals surface area contributed by atoms with Crippen LogP contribution in [0, 0.1) is 6.92 Å². The van der Waals surface area contributed by atoms with E-state index in [-0.39, 0.29) is 16.8 Å². The lowest BCUT2D eigenvalue weighted by Crippen LogP contribution is -2.21. The van der Waals surface area contributed by atoms with Crippen molar-refractivity contribution < 1.29 is 13.2 Å². The zero-order chi connectivity index (χ0) is 13.7. The molecule has 0 unspecified atom stereocenters. The summed E-state index contributed by atoms with van der Waals surface area (Å²) in [6.45, 7) is 1.55. The quantitative estimate of drug-likeness (QED) is 0.787. The highest BCUT2D eigenvalue weighted by molar-refractivity contribution is 5.92. The van der Waals surface area contributed by atoms with Crippen molar-refractivity contribution in [3.05, 3.63) is 39.7 Å². The molecule has 1 heterocycles. The molecule has 1 aromatic heterocycles. The SMILES string of the molecule is Cc1c(N)c2ccc(C(F)(F)F)cc2n(C)c1=O. The van der Waals surface area contributed by atoms with Gasteiger partial charge in [0, 0.05) is 23.7 Å². The number of pyridine rings is 1. The molecule has 0 radical (unpaired) electrons. The summed E-state index contributed by atoms with van der Waals surface area (Å²) in [6, 6.07) is 3.19. The van der Waals surface area contributed by atoms with Crippen LogP contribution >= 0.6 is 0 Å². The summed E-state index contributed by atoms with van der Waals surface area (Å²) in [6.07, 6.45) is -4.44. The standard InChI is InChI=1S/C12H11F3N2O/c1-6-10(16)8-4-3-7(12(13,14)15)5-9(8)17(2)11(6)18/h3-5H,16H2,1-2H3. The van der Waals surface area contributed by atoms with Gasteiger partial charge in [0.05, 0.1) is 11.1 Å². The lowest BCUT2D eigenvalue weighted by molar-refractivity contribution is -0.137. The van der Waals surface area contributed by atoms with Gasteiger partial charge in [0.1, 0.15) is 0 Å². The highest BCUT2D eigenvalue weighted by atomic mass is 19.4. The van der Waals surface area contributed by atoms with Crippen molar-refractivity contribution in [3.8, 4) is 0 Å². The third-order valence-electron chi connectivity index (χ3n) is 3.01. The molecular weight excluding hydrogens is 245 g/mol. The van der Waals surface area contributed by atoms with Crippen LogP contribution in [-0.2, 0) is 13.2 Å². The molecule has 0 amide bonds. The molecule has 0 aliphatic heterocycles. The highest BCUT2D eigenvalue weighted by Gasteiger charge is 2.30. The molecular formula is C12H11F3N2O. The van der Waals surface area contributed by atoms with E-state index in [9.17, 15) is 18.0 Å². The largest absolute Gasteiger partial charge is 0.416 e. The first-order chi connectivity index (χ1) is 8.23. The molecule has 0 bridgehead atoms. The molecule has 0 spiro atoms. The molecule has 2 N–H and O–H groups in total. The van der Waals surface area contributed by atoms with Gasteiger partial charge in [-0.3, -0.25) is 4.79 Å². The molecule has 1 aromatic carbocycles. The van der Waals surface area contributed by atoms with Crippen molar-refractivity contribution in [2.24, 2.45) is 7.05 Å². The number of benzene rings is 1. The normalized spacial score (nSPS) is 12.1. The summed E-state index contributed by atoms with van der Waals surface area (Å²) in [5.41, 5.74) is 5.31. The average Bonchev–Trinajstić information content (AvgIpc) is 2.32. The number of halogens is 3. The maximum absolute atomic E-state index is 12.6. The van der Waals surface area contributed by atoms with Gasteiger partial charge >= 0.3 is 6.18 Å². The van der Waals surface area contributed by atoms with Crippen LogP contribution in [0.2, 0.25) is 0 Å². The van der Waals surface area contributed by atoms with E-state index in [1.54, 1.807) is 6.92 Å². The Balaban J connectivity index is 2.91. The number of nitrogens with zero attached hydrogens (tertiary/aromatic N) is 1. The second-order valence-corrected chi connectivity index (χ2v) is 4.13. The first kappa shape index (κ1) is 12.5. The molecule has 96 valence electrons. The number of rotatable bonds is 0. The fourth-order valence-electron chi connectivity index (χ4n) is 1.89. The van der Waals surface area contributed by atoms with E-state index >= 15 is 0 Å². The number of aryl methyl sites for hydroxylation is 1. The number of alkyl halides is 3. The molecule has 0 aliphatic carbocycles. The highest BCUT2D eigenvalue weighted by Crippen LogP contribution is 2.32. The predicted molar refractivity (Wildman–Crippen MR) is 63.3 cm³/mol. The molecule has 0 saturated heterocycles. The fourth-order valence-corrected chi connectivity index (χ4v) is 1.89. The van der Waals surface area contributed by atoms with Crippen LogP contribution in [-0.4, -0.2) is 4.57 Å². The van der Waals surface area contributed by atoms with E-state index in [1.807, 2.05) is 0 Å². The van der Waals surface area contributed by atoms with Crippen LogP contribution in [0.3, 0.4) is 0 Å². The summed E-state index contributed by atoms with van der Waals surface area (Å²) in [5.74, 6) is 0. The summed E-state index contributed by atoms with van der Waals surface area (Å²) in [5, 5.41) is 0.447. The second kappa shape index (κ2) is 3.76. The fraction of sp³-hybridized carbons (Fsp3) is 0.250. The number of hydrogen-bond acceptors (Lipinski definition) is 2. The Hall–Kier alpha value is -1.98. The summed E-state index contributed by atoms with van der Waals surface area (Å²) in [4.78, 5) is 11.8. The zero-order valence-electron chi connectivity index (χ0n) is 9.80. The Morgan fingerprint density at radius 3 is 2.44 bits per heavy atom. The lowest BCUT2D eigenvalue weighted by atomic mass is 10.1. The molecule has 0 atom stereocenters. The minimum Gasteiger partial charge on any atom is -0.398 e. The van der Waals surface area contributed by atoms with Gasteiger partial charge in [0.25, 0.3) is 5.56 Å². The minimum atomic E-state index is -4.44. The predicted octanol–water partition coefficient (Wildman–Crippen LogP) is 2.45. The van der Waals surface area contributed by atoms with Gasteiger partial charge in [-0.1, -0.05) is 6.07 Å². The molecule has 2 rings (SSSR count). The monoisotopic (exact) mass is 256 g/mol. The van der Waals surface area contributed by atoms with Crippen LogP contribution in [0.1, 0.15) is 11.1 Å². The van der Waals surface area contributed by atoms with Gasteiger partial charge in [-0.15, -0.1) is 0 Å². The van der Waals surface area contributed by atoms with Gasteiger partial charge in [-0.2, -0.15) is 13.2 Å². The zero-order valence-corrected chi connectivity index (χ0v) is 9.80. The Morgan fingerprint density at radius 2 is 1.89 bits per heavy atom. The van der Waals surface area contributed by atoms with E-state index < -0.39 is 11.7 Å².